The fraction of sp³-hybridized carbons (Fsp3) is 0.185. The molecule has 1 heterocycles. The number of primary sulfonamides is 1. The van der Waals surface area contributed by atoms with Crippen LogP contribution in [0.15, 0.2) is 83.3 Å². The molecule has 37 heavy (non-hydrogen) atoms. The maximum Gasteiger partial charge on any atom is 0.295 e. The minimum Gasteiger partial charge on any atom is -0.507 e. The number of nitrogens with two attached hydrogens (primary N) is 1. The molecule has 0 bridgehead atoms. The SMILES string of the molecule is CCOc1ccc(/C(O)=C2\C(=O)C(=O)N(CCc3ccc(S(N)(=O)=O)cc3)C2c2ccc(F)cc2)cc1. The highest BCUT2D eigenvalue weighted by Crippen LogP contribution is 2.39. The van der Waals surface area contributed by atoms with Crippen LogP contribution in [0.5, 0.6) is 5.75 Å². The van der Waals surface area contributed by atoms with Crippen molar-refractivity contribution < 1.29 is 32.2 Å². The van der Waals surface area contributed by atoms with Crippen LogP contribution in [0.1, 0.15) is 29.7 Å². The van der Waals surface area contributed by atoms with Crippen LogP contribution in [0.25, 0.3) is 5.76 Å². The largest absolute Gasteiger partial charge is 0.507 e. The highest BCUT2D eigenvalue weighted by atomic mass is 32.2. The second-order valence-electron chi connectivity index (χ2n) is 8.44. The summed E-state index contributed by atoms with van der Waals surface area (Å²) in [6.07, 6.45) is 0.290. The zero-order valence-corrected chi connectivity index (χ0v) is 20.7. The van der Waals surface area contributed by atoms with Gasteiger partial charge in [0.15, 0.2) is 0 Å². The first-order chi connectivity index (χ1) is 17.6. The fourth-order valence-corrected chi connectivity index (χ4v) is 4.74. The molecule has 1 aliphatic rings. The summed E-state index contributed by atoms with van der Waals surface area (Å²) in [5, 5.41) is 16.3. The van der Waals surface area contributed by atoms with Gasteiger partial charge >= 0.3 is 0 Å². The Morgan fingerprint density at radius 1 is 1.00 bits per heavy atom. The Kier molecular flexibility index (Phi) is 7.42. The Bertz CT molecular complexity index is 1450. The molecule has 192 valence electrons. The van der Waals surface area contributed by atoms with Gasteiger partial charge in [0.2, 0.25) is 10.0 Å². The topological polar surface area (TPSA) is 127 Å². The molecule has 1 unspecified atom stereocenters. The van der Waals surface area contributed by atoms with E-state index in [1.807, 2.05) is 6.92 Å². The predicted octanol–water partition coefficient (Wildman–Crippen LogP) is 3.54. The Morgan fingerprint density at radius 2 is 1.62 bits per heavy atom. The summed E-state index contributed by atoms with van der Waals surface area (Å²) in [5.41, 5.74) is 1.38. The molecule has 4 rings (SSSR count). The van der Waals surface area contributed by atoms with E-state index in [9.17, 15) is 27.5 Å². The lowest BCUT2D eigenvalue weighted by molar-refractivity contribution is -0.139. The molecule has 1 amide bonds. The molecular formula is C27H25FN2O6S. The quantitative estimate of drug-likeness (QED) is 0.264. The van der Waals surface area contributed by atoms with Gasteiger partial charge in [-0.25, -0.2) is 17.9 Å². The van der Waals surface area contributed by atoms with Crippen molar-refractivity contribution in [3.63, 3.8) is 0 Å². The molecule has 1 saturated heterocycles. The lowest BCUT2D eigenvalue weighted by atomic mass is 9.95. The van der Waals surface area contributed by atoms with Crippen LogP contribution in [-0.4, -0.2) is 43.3 Å². The number of likely N-dealkylation sites (tertiary alicyclic amines) is 1. The number of ether oxygens (including phenoxy) is 1. The van der Waals surface area contributed by atoms with Crippen molar-refractivity contribution in [2.75, 3.05) is 13.2 Å². The maximum atomic E-state index is 13.7. The molecule has 0 saturated carbocycles. The second-order valence-corrected chi connectivity index (χ2v) is 10.0. The molecule has 3 N–H and O–H groups in total. The molecule has 0 spiro atoms. The molecule has 0 radical (unpaired) electrons. The van der Waals surface area contributed by atoms with E-state index in [-0.39, 0.29) is 22.8 Å². The van der Waals surface area contributed by atoms with Crippen LogP contribution >= 0.6 is 0 Å². The van der Waals surface area contributed by atoms with Crippen LogP contribution in [-0.2, 0) is 26.0 Å². The number of Topliss-reactive ketones (excluding diaryl/α,β-unsaturated/α-hetero) is 1. The van der Waals surface area contributed by atoms with Gasteiger partial charge in [-0.15, -0.1) is 0 Å². The molecule has 1 atom stereocenters. The van der Waals surface area contributed by atoms with E-state index in [1.54, 1.807) is 36.4 Å². The summed E-state index contributed by atoms with van der Waals surface area (Å²) in [6.45, 7) is 2.39. The minimum atomic E-state index is -3.85. The van der Waals surface area contributed by atoms with Gasteiger partial charge in [0, 0.05) is 12.1 Å². The summed E-state index contributed by atoms with van der Waals surface area (Å²) in [4.78, 5) is 27.5. The zero-order valence-electron chi connectivity index (χ0n) is 19.9. The normalized spacial score (nSPS) is 17.3. The van der Waals surface area contributed by atoms with Crippen molar-refractivity contribution in [1.82, 2.24) is 4.90 Å². The van der Waals surface area contributed by atoms with Crippen molar-refractivity contribution in [2.45, 2.75) is 24.3 Å². The van der Waals surface area contributed by atoms with Crippen molar-refractivity contribution in [1.29, 1.82) is 0 Å². The Labute approximate surface area is 213 Å². The van der Waals surface area contributed by atoms with Crippen LogP contribution in [0.4, 0.5) is 4.39 Å². The van der Waals surface area contributed by atoms with Crippen molar-refractivity contribution in [2.24, 2.45) is 5.14 Å². The third-order valence-electron chi connectivity index (χ3n) is 6.06. The average Bonchev–Trinajstić information content (AvgIpc) is 3.13. The number of carbonyl (C=O) groups is 2. The van der Waals surface area contributed by atoms with Crippen LogP contribution in [0, 0.1) is 5.82 Å². The summed E-state index contributed by atoms with van der Waals surface area (Å²) < 4.78 is 42.1. The van der Waals surface area contributed by atoms with E-state index in [1.165, 1.54) is 41.3 Å². The summed E-state index contributed by atoms with van der Waals surface area (Å²) in [6, 6.07) is 16.8. The minimum absolute atomic E-state index is 0.0432. The molecule has 1 fully saturated rings. The number of halogens is 1. The molecule has 8 nitrogen and oxygen atoms in total. The highest BCUT2D eigenvalue weighted by Gasteiger charge is 2.45. The van der Waals surface area contributed by atoms with Gasteiger partial charge in [0.05, 0.1) is 23.1 Å². The van der Waals surface area contributed by atoms with Crippen molar-refractivity contribution in [3.8, 4) is 5.75 Å². The first-order valence-corrected chi connectivity index (χ1v) is 13.0. The summed E-state index contributed by atoms with van der Waals surface area (Å²) in [7, 11) is -3.85. The van der Waals surface area contributed by atoms with Crippen molar-refractivity contribution >= 4 is 27.5 Å². The van der Waals surface area contributed by atoms with Crippen LogP contribution in [0.3, 0.4) is 0 Å². The summed E-state index contributed by atoms with van der Waals surface area (Å²) >= 11 is 0. The number of nitrogens with zero attached hydrogens (tertiary/aromatic N) is 1. The molecular weight excluding hydrogens is 499 g/mol. The first kappa shape index (κ1) is 26.1. The molecule has 3 aromatic rings. The van der Waals surface area contributed by atoms with E-state index >= 15 is 0 Å². The number of aliphatic hydroxyl groups excluding tert-OH is 1. The van der Waals surface area contributed by atoms with Gasteiger partial charge in [0.1, 0.15) is 17.3 Å². The van der Waals surface area contributed by atoms with Gasteiger partial charge in [-0.05, 0) is 73.0 Å². The number of amides is 1. The standard InChI is InChI=1S/C27H25FN2O6S/c1-2-36-21-11-7-19(8-12-21)25(31)23-24(18-5-9-20(28)10-6-18)30(27(33)26(23)32)16-15-17-3-13-22(14-4-17)37(29,34)35/h3-14,24,31H,2,15-16H2,1H3,(H2,29,34,35)/b25-23+. The monoisotopic (exact) mass is 524 g/mol. The van der Waals surface area contributed by atoms with Crippen LogP contribution < -0.4 is 9.88 Å². The number of hydrogen-bond acceptors (Lipinski definition) is 6. The smallest absolute Gasteiger partial charge is 0.295 e. The lowest BCUT2D eigenvalue weighted by Crippen LogP contribution is -2.31. The third kappa shape index (κ3) is 5.55. The molecule has 0 aromatic heterocycles. The van der Waals surface area contributed by atoms with Gasteiger partial charge in [-0.2, -0.15) is 0 Å². The van der Waals surface area contributed by atoms with Crippen molar-refractivity contribution in [3.05, 3.63) is 101 Å². The number of ketones is 1. The first-order valence-electron chi connectivity index (χ1n) is 11.5. The van der Waals surface area contributed by atoms with Gasteiger partial charge in [-0.3, -0.25) is 9.59 Å². The Morgan fingerprint density at radius 3 is 2.19 bits per heavy atom. The maximum absolute atomic E-state index is 13.7. The third-order valence-corrected chi connectivity index (χ3v) is 6.99. The van der Waals surface area contributed by atoms with Crippen LogP contribution in [0.2, 0.25) is 0 Å². The summed E-state index contributed by atoms with van der Waals surface area (Å²) in [5.74, 6) is -1.91. The molecule has 10 heteroatoms. The van der Waals surface area contributed by atoms with E-state index in [0.29, 0.717) is 35.5 Å². The second kappa shape index (κ2) is 10.5. The number of benzene rings is 3. The highest BCUT2D eigenvalue weighted by molar-refractivity contribution is 7.89. The molecule has 0 aliphatic carbocycles. The van der Waals surface area contributed by atoms with Gasteiger partial charge < -0.3 is 14.7 Å². The van der Waals surface area contributed by atoms with Gasteiger partial charge in [0.25, 0.3) is 11.7 Å². The van der Waals surface area contributed by atoms with E-state index in [0.717, 1.165) is 0 Å². The van der Waals surface area contributed by atoms with E-state index in [2.05, 4.69) is 0 Å². The number of hydrogen-bond donors (Lipinski definition) is 2. The number of rotatable bonds is 8. The molecule has 1 aliphatic heterocycles. The molecule has 3 aromatic carbocycles. The Hall–Kier alpha value is -4.02. The average molecular weight is 525 g/mol. The Balaban J connectivity index is 1.70. The number of sulfonamides is 1. The predicted molar refractivity (Wildman–Crippen MR) is 135 cm³/mol. The number of aliphatic hydroxyl groups is 1. The zero-order chi connectivity index (χ0) is 26.7. The van der Waals surface area contributed by atoms with Gasteiger partial charge in [-0.1, -0.05) is 24.3 Å². The van der Waals surface area contributed by atoms with E-state index in [4.69, 9.17) is 9.88 Å². The fourth-order valence-electron chi connectivity index (χ4n) is 4.23. The van der Waals surface area contributed by atoms with E-state index < -0.39 is 33.6 Å². The lowest BCUT2D eigenvalue weighted by Gasteiger charge is -2.25. The number of carbonyl (C=O) groups excluding carboxylic acids is 2.